The Labute approximate surface area is 112 Å². The Kier molecular flexibility index (Phi) is 6.05. The number of aliphatic carboxylic acids is 1. The minimum Gasteiger partial charge on any atom is -0.481 e. The van der Waals surface area contributed by atoms with Crippen molar-refractivity contribution in [3.63, 3.8) is 0 Å². The van der Waals surface area contributed by atoms with Crippen LogP contribution in [-0.4, -0.2) is 27.6 Å². The van der Waals surface area contributed by atoms with Gasteiger partial charge in [0.1, 0.15) is 11.6 Å². The molecule has 0 aromatic carbocycles. The lowest BCUT2D eigenvalue weighted by Gasteiger charge is -2.08. The normalized spacial score (nSPS) is 10.7. The van der Waals surface area contributed by atoms with Gasteiger partial charge in [0.2, 0.25) is 0 Å². The Bertz CT molecular complexity index is 468. The molecule has 0 fully saturated rings. The molecular formula is C13H21N3O3. The average Bonchev–Trinajstić information content (AvgIpc) is 2.32. The first kappa shape index (κ1) is 15.2. The van der Waals surface area contributed by atoms with Crippen LogP contribution < -0.4 is 10.9 Å². The largest absolute Gasteiger partial charge is 0.481 e. The fourth-order valence-electron chi connectivity index (χ4n) is 1.63. The number of unbranched alkanes of at least 4 members (excludes halogenated alkanes) is 2. The van der Waals surface area contributed by atoms with Gasteiger partial charge in [-0.2, -0.15) is 0 Å². The number of hydrogen-bond acceptors (Lipinski definition) is 4. The zero-order valence-corrected chi connectivity index (χ0v) is 11.4. The lowest BCUT2D eigenvalue weighted by atomic mass is 10.2. The number of carboxylic acid groups (broad SMARTS) is 1. The molecule has 6 heteroatoms. The molecule has 6 nitrogen and oxygen atoms in total. The summed E-state index contributed by atoms with van der Waals surface area (Å²) in [5, 5.41) is 11.6. The van der Waals surface area contributed by atoms with Crippen molar-refractivity contribution < 1.29 is 9.90 Å². The van der Waals surface area contributed by atoms with Crippen LogP contribution in [0.2, 0.25) is 0 Å². The van der Waals surface area contributed by atoms with Crippen LogP contribution >= 0.6 is 0 Å². The maximum absolute atomic E-state index is 11.4. The first-order chi connectivity index (χ1) is 8.99. The third kappa shape index (κ3) is 6.03. The Hall–Kier alpha value is -1.85. The summed E-state index contributed by atoms with van der Waals surface area (Å²) >= 11 is 0. The summed E-state index contributed by atoms with van der Waals surface area (Å²) in [7, 11) is 0. The number of carbonyl (C=O) groups is 1. The minimum atomic E-state index is -0.759. The maximum Gasteiger partial charge on any atom is 0.303 e. The first-order valence-corrected chi connectivity index (χ1v) is 6.56. The predicted molar refractivity (Wildman–Crippen MR) is 73.5 cm³/mol. The molecule has 0 radical (unpaired) electrons. The second kappa shape index (κ2) is 7.56. The van der Waals surface area contributed by atoms with Crippen LogP contribution in [0.4, 0.5) is 5.82 Å². The standard InChI is InChI=1S/C13H21N3O3/c1-9(2)13-15-10(8-11(17)16-13)14-7-5-3-4-6-12(18)19/h8-9H,3-7H2,1-2H3,(H,18,19)(H2,14,15,16,17). The summed E-state index contributed by atoms with van der Waals surface area (Å²) in [5.74, 6) is 0.655. The summed E-state index contributed by atoms with van der Waals surface area (Å²) in [6, 6.07) is 1.43. The van der Waals surface area contributed by atoms with Gasteiger partial charge in [-0.25, -0.2) is 4.98 Å². The van der Waals surface area contributed by atoms with Crippen molar-refractivity contribution in [1.29, 1.82) is 0 Å². The fraction of sp³-hybridized carbons (Fsp3) is 0.615. The highest BCUT2D eigenvalue weighted by atomic mass is 16.4. The second-order valence-electron chi connectivity index (χ2n) is 4.80. The lowest BCUT2D eigenvalue weighted by molar-refractivity contribution is -0.137. The van der Waals surface area contributed by atoms with E-state index in [1.54, 1.807) is 0 Å². The van der Waals surface area contributed by atoms with Gasteiger partial charge in [-0.1, -0.05) is 20.3 Å². The molecule has 0 saturated heterocycles. The van der Waals surface area contributed by atoms with Crippen molar-refractivity contribution in [3.05, 3.63) is 22.2 Å². The van der Waals surface area contributed by atoms with Crippen LogP contribution in [0.1, 0.15) is 51.3 Å². The molecule has 0 amide bonds. The number of nitrogens with zero attached hydrogens (tertiary/aromatic N) is 1. The van der Waals surface area contributed by atoms with E-state index in [2.05, 4.69) is 15.3 Å². The summed E-state index contributed by atoms with van der Waals surface area (Å²) in [4.78, 5) is 28.8. The summed E-state index contributed by atoms with van der Waals surface area (Å²) in [5.41, 5.74) is -0.160. The SMILES string of the molecule is CC(C)c1nc(NCCCCCC(=O)O)cc(=O)[nH]1. The molecule has 0 aliphatic heterocycles. The van der Waals surface area contributed by atoms with E-state index >= 15 is 0 Å². The molecule has 3 N–H and O–H groups in total. The highest BCUT2D eigenvalue weighted by molar-refractivity contribution is 5.66. The molecule has 0 atom stereocenters. The van der Waals surface area contributed by atoms with Crippen molar-refractivity contribution in [1.82, 2.24) is 9.97 Å². The Balaban J connectivity index is 2.37. The quantitative estimate of drug-likeness (QED) is 0.626. The van der Waals surface area contributed by atoms with E-state index in [1.165, 1.54) is 6.07 Å². The molecule has 1 aromatic heterocycles. The number of H-pyrrole nitrogens is 1. The van der Waals surface area contributed by atoms with Gasteiger partial charge < -0.3 is 15.4 Å². The van der Waals surface area contributed by atoms with Crippen molar-refractivity contribution >= 4 is 11.8 Å². The Morgan fingerprint density at radius 1 is 1.42 bits per heavy atom. The van der Waals surface area contributed by atoms with E-state index in [4.69, 9.17) is 5.11 Å². The van der Waals surface area contributed by atoms with E-state index < -0.39 is 5.97 Å². The van der Waals surface area contributed by atoms with Crippen LogP contribution in [0.5, 0.6) is 0 Å². The van der Waals surface area contributed by atoms with Crippen molar-refractivity contribution in [2.24, 2.45) is 0 Å². The zero-order valence-electron chi connectivity index (χ0n) is 11.4. The molecule has 0 aliphatic carbocycles. The van der Waals surface area contributed by atoms with E-state index in [-0.39, 0.29) is 17.9 Å². The molecule has 106 valence electrons. The van der Waals surface area contributed by atoms with E-state index in [0.29, 0.717) is 24.6 Å². The number of rotatable bonds is 8. The van der Waals surface area contributed by atoms with E-state index in [9.17, 15) is 9.59 Å². The van der Waals surface area contributed by atoms with Gasteiger partial charge in [-0.05, 0) is 12.8 Å². The van der Waals surface area contributed by atoms with Crippen LogP contribution in [0.3, 0.4) is 0 Å². The van der Waals surface area contributed by atoms with E-state index in [1.807, 2.05) is 13.8 Å². The number of anilines is 1. The number of aromatic nitrogens is 2. The molecule has 1 aromatic rings. The second-order valence-corrected chi connectivity index (χ2v) is 4.80. The smallest absolute Gasteiger partial charge is 0.303 e. The predicted octanol–water partition coefficient (Wildman–Crippen LogP) is 1.95. The Morgan fingerprint density at radius 2 is 2.16 bits per heavy atom. The Morgan fingerprint density at radius 3 is 2.79 bits per heavy atom. The zero-order chi connectivity index (χ0) is 14.3. The molecule has 1 rings (SSSR count). The topological polar surface area (TPSA) is 95.1 Å². The summed E-state index contributed by atoms with van der Waals surface area (Å²) in [6.07, 6.45) is 2.59. The van der Waals surface area contributed by atoms with Crippen molar-refractivity contribution in [2.45, 2.75) is 45.4 Å². The van der Waals surface area contributed by atoms with Crippen LogP contribution in [0.15, 0.2) is 10.9 Å². The summed E-state index contributed by atoms with van der Waals surface area (Å²) < 4.78 is 0. The molecule has 1 heterocycles. The van der Waals surface area contributed by atoms with Crippen molar-refractivity contribution in [3.8, 4) is 0 Å². The third-order valence-electron chi connectivity index (χ3n) is 2.68. The lowest BCUT2D eigenvalue weighted by Crippen LogP contribution is -2.15. The van der Waals surface area contributed by atoms with Crippen molar-refractivity contribution in [2.75, 3.05) is 11.9 Å². The summed E-state index contributed by atoms with van der Waals surface area (Å²) in [6.45, 7) is 4.62. The maximum atomic E-state index is 11.4. The minimum absolute atomic E-state index is 0.160. The molecule has 0 aliphatic rings. The van der Waals surface area contributed by atoms with Gasteiger partial charge in [0.25, 0.3) is 5.56 Å². The highest BCUT2D eigenvalue weighted by Gasteiger charge is 2.04. The number of nitrogens with one attached hydrogen (secondary N) is 2. The van der Waals surface area contributed by atoms with E-state index in [0.717, 1.165) is 12.8 Å². The fourth-order valence-corrected chi connectivity index (χ4v) is 1.63. The first-order valence-electron chi connectivity index (χ1n) is 6.56. The average molecular weight is 267 g/mol. The third-order valence-corrected chi connectivity index (χ3v) is 2.68. The van der Waals surface area contributed by atoms with Gasteiger partial charge >= 0.3 is 5.97 Å². The molecule has 0 spiro atoms. The van der Waals surface area contributed by atoms with Gasteiger partial charge in [-0.15, -0.1) is 0 Å². The molecular weight excluding hydrogens is 246 g/mol. The molecule has 0 saturated carbocycles. The molecule has 0 unspecified atom stereocenters. The van der Waals surface area contributed by atoms with Gasteiger partial charge in [-0.3, -0.25) is 9.59 Å². The van der Waals surface area contributed by atoms with Gasteiger partial charge in [0.15, 0.2) is 0 Å². The number of hydrogen-bond donors (Lipinski definition) is 3. The van der Waals surface area contributed by atoms with Crippen LogP contribution in [0.25, 0.3) is 0 Å². The monoisotopic (exact) mass is 267 g/mol. The molecule has 0 bridgehead atoms. The van der Waals surface area contributed by atoms with Crippen LogP contribution in [-0.2, 0) is 4.79 Å². The van der Waals surface area contributed by atoms with Crippen LogP contribution in [0, 0.1) is 0 Å². The molecule has 19 heavy (non-hydrogen) atoms. The van der Waals surface area contributed by atoms with Gasteiger partial charge in [0.05, 0.1) is 0 Å². The number of aromatic amines is 1. The van der Waals surface area contributed by atoms with Gasteiger partial charge in [0, 0.05) is 24.9 Å². The number of carboxylic acids is 1. The highest BCUT2D eigenvalue weighted by Crippen LogP contribution is 2.09.